The maximum Gasteiger partial charge on any atom is 0.222 e. The van der Waals surface area contributed by atoms with Crippen LogP contribution in [0.4, 0.5) is 0 Å². The zero-order valence-electron chi connectivity index (χ0n) is 9.31. The van der Waals surface area contributed by atoms with E-state index in [1.165, 1.54) is 12.8 Å². The average Bonchev–Trinajstić information content (AvgIpc) is 2.95. The SMILES string of the molecule is CCCC(C)C(=O)NCC1(CN)CC1. The Balaban J connectivity index is 2.20. The van der Waals surface area contributed by atoms with Gasteiger partial charge in [-0.25, -0.2) is 0 Å². The Bertz CT molecular complexity index is 199. The van der Waals surface area contributed by atoms with Gasteiger partial charge in [0.1, 0.15) is 0 Å². The van der Waals surface area contributed by atoms with Crippen molar-refractivity contribution in [2.75, 3.05) is 13.1 Å². The molecule has 0 aliphatic heterocycles. The first-order valence-electron chi connectivity index (χ1n) is 5.61. The van der Waals surface area contributed by atoms with Gasteiger partial charge in [0.15, 0.2) is 0 Å². The third-order valence-corrected chi connectivity index (χ3v) is 3.20. The van der Waals surface area contributed by atoms with Crippen LogP contribution >= 0.6 is 0 Å². The van der Waals surface area contributed by atoms with Crippen LogP contribution in [0.15, 0.2) is 0 Å². The summed E-state index contributed by atoms with van der Waals surface area (Å²) in [6.45, 7) is 5.57. The van der Waals surface area contributed by atoms with Crippen molar-refractivity contribution in [1.29, 1.82) is 0 Å². The van der Waals surface area contributed by atoms with E-state index < -0.39 is 0 Å². The molecule has 0 radical (unpaired) electrons. The lowest BCUT2D eigenvalue weighted by Gasteiger charge is -2.16. The van der Waals surface area contributed by atoms with E-state index in [2.05, 4.69) is 12.2 Å². The highest BCUT2D eigenvalue weighted by molar-refractivity contribution is 5.78. The van der Waals surface area contributed by atoms with Gasteiger partial charge in [-0.1, -0.05) is 20.3 Å². The summed E-state index contributed by atoms with van der Waals surface area (Å²) < 4.78 is 0. The molecule has 0 heterocycles. The quantitative estimate of drug-likeness (QED) is 0.675. The fourth-order valence-corrected chi connectivity index (χ4v) is 1.64. The molecular weight excluding hydrogens is 176 g/mol. The molecule has 0 spiro atoms. The number of hydrogen-bond acceptors (Lipinski definition) is 2. The monoisotopic (exact) mass is 198 g/mol. The molecule has 1 amide bonds. The molecule has 0 saturated heterocycles. The Kier molecular flexibility index (Phi) is 3.93. The maximum absolute atomic E-state index is 11.6. The predicted octanol–water partition coefficient (Wildman–Crippen LogP) is 1.28. The van der Waals surface area contributed by atoms with E-state index in [-0.39, 0.29) is 17.2 Å². The number of carbonyl (C=O) groups excluding carboxylic acids is 1. The molecule has 1 rings (SSSR count). The van der Waals surface area contributed by atoms with E-state index in [0.717, 1.165) is 19.4 Å². The number of carbonyl (C=O) groups is 1. The lowest BCUT2D eigenvalue weighted by atomic mass is 10.0. The van der Waals surface area contributed by atoms with Crippen LogP contribution in [0.2, 0.25) is 0 Å². The van der Waals surface area contributed by atoms with Gasteiger partial charge in [-0.15, -0.1) is 0 Å². The molecule has 0 aromatic heterocycles. The fraction of sp³-hybridized carbons (Fsp3) is 0.909. The van der Waals surface area contributed by atoms with Gasteiger partial charge in [0.25, 0.3) is 0 Å². The molecule has 0 bridgehead atoms. The van der Waals surface area contributed by atoms with E-state index in [1.807, 2.05) is 6.92 Å². The summed E-state index contributed by atoms with van der Waals surface area (Å²) in [5.74, 6) is 0.333. The Morgan fingerprint density at radius 3 is 2.64 bits per heavy atom. The molecular formula is C11H22N2O. The first-order chi connectivity index (χ1) is 6.63. The Morgan fingerprint density at radius 2 is 2.21 bits per heavy atom. The number of hydrogen-bond donors (Lipinski definition) is 2. The average molecular weight is 198 g/mol. The normalized spacial score (nSPS) is 20.2. The summed E-state index contributed by atoms with van der Waals surface area (Å²) in [5, 5.41) is 3.00. The summed E-state index contributed by atoms with van der Waals surface area (Å²) in [4.78, 5) is 11.6. The van der Waals surface area contributed by atoms with Crippen molar-refractivity contribution in [3.8, 4) is 0 Å². The van der Waals surface area contributed by atoms with Crippen molar-refractivity contribution >= 4 is 5.91 Å². The van der Waals surface area contributed by atoms with Crippen LogP contribution in [-0.2, 0) is 4.79 Å². The summed E-state index contributed by atoms with van der Waals surface area (Å²) in [5.41, 5.74) is 5.89. The van der Waals surface area contributed by atoms with Gasteiger partial charge in [0.2, 0.25) is 5.91 Å². The highest BCUT2D eigenvalue weighted by atomic mass is 16.1. The zero-order valence-corrected chi connectivity index (χ0v) is 9.31. The first kappa shape index (κ1) is 11.5. The van der Waals surface area contributed by atoms with Crippen molar-refractivity contribution < 1.29 is 4.79 Å². The molecule has 1 aliphatic carbocycles. The number of nitrogens with one attached hydrogen (secondary N) is 1. The van der Waals surface area contributed by atoms with Gasteiger partial charge >= 0.3 is 0 Å². The van der Waals surface area contributed by atoms with Gasteiger partial charge in [0, 0.05) is 12.5 Å². The molecule has 1 unspecified atom stereocenters. The molecule has 14 heavy (non-hydrogen) atoms. The minimum absolute atomic E-state index is 0.147. The van der Waals surface area contributed by atoms with E-state index in [9.17, 15) is 4.79 Å². The van der Waals surface area contributed by atoms with Crippen molar-refractivity contribution in [1.82, 2.24) is 5.32 Å². The molecule has 0 aromatic rings. The molecule has 3 nitrogen and oxygen atoms in total. The zero-order chi connectivity index (χ0) is 10.6. The number of rotatable bonds is 6. The van der Waals surface area contributed by atoms with Crippen molar-refractivity contribution in [2.45, 2.75) is 39.5 Å². The largest absolute Gasteiger partial charge is 0.355 e. The van der Waals surface area contributed by atoms with Gasteiger partial charge in [-0.2, -0.15) is 0 Å². The fourth-order valence-electron chi connectivity index (χ4n) is 1.64. The molecule has 3 heteroatoms. The molecule has 1 atom stereocenters. The molecule has 3 N–H and O–H groups in total. The van der Waals surface area contributed by atoms with Crippen molar-refractivity contribution in [2.24, 2.45) is 17.1 Å². The number of nitrogens with two attached hydrogens (primary N) is 1. The second kappa shape index (κ2) is 4.78. The predicted molar refractivity (Wildman–Crippen MR) is 57.8 cm³/mol. The second-order valence-electron chi connectivity index (χ2n) is 4.61. The highest BCUT2D eigenvalue weighted by Crippen LogP contribution is 2.43. The van der Waals surface area contributed by atoms with Crippen LogP contribution in [0.3, 0.4) is 0 Å². The van der Waals surface area contributed by atoms with Crippen LogP contribution in [0.1, 0.15) is 39.5 Å². The van der Waals surface area contributed by atoms with Crippen LogP contribution < -0.4 is 11.1 Å². The van der Waals surface area contributed by atoms with E-state index in [1.54, 1.807) is 0 Å². The number of amides is 1. The van der Waals surface area contributed by atoms with Gasteiger partial charge in [-0.3, -0.25) is 4.79 Å². The molecule has 0 aromatic carbocycles. The molecule has 82 valence electrons. The van der Waals surface area contributed by atoms with Gasteiger partial charge < -0.3 is 11.1 Å². The smallest absolute Gasteiger partial charge is 0.222 e. The van der Waals surface area contributed by atoms with Crippen molar-refractivity contribution in [3.63, 3.8) is 0 Å². The third kappa shape index (κ3) is 2.98. The van der Waals surface area contributed by atoms with Crippen LogP contribution in [0.25, 0.3) is 0 Å². The van der Waals surface area contributed by atoms with Gasteiger partial charge in [0.05, 0.1) is 0 Å². The topological polar surface area (TPSA) is 55.1 Å². The standard InChI is InChI=1S/C11H22N2O/c1-3-4-9(2)10(14)13-8-11(7-12)5-6-11/h9H,3-8,12H2,1-2H3,(H,13,14). The molecule has 1 saturated carbocycles. The highest BCUT2D eigenvalue weighted by Gasteiger charge is 2.41. The van der Waals surface area contributed by atoms with Crippen LogP contribution in [0.5, 0.6) is 0 Å². The van der Waals surface area contributed by atoms with E-state index in [0.29, 0.717) is 6.54 Å². The second-order valence-corrected chi connectivity index (χ2v) is 4.61. The first-order valence-corrected chi connectivity index (χ1v) is 5.61. The lowest BCUT2D eigenvalue weighted by Crippen LogP contribution is -2.36. The minimum atomic E-state index is 0.147. The molecule has 1 fully saturated rings. The lowest BCUT2D eigenvalue weighted by molar-refractivity contribution is -0.124. The van der Waals surface area contributed by atoms with Gasteiger partial charge in [-0.05, 0) is 31.2 Å². The summed E-state index contributed by atoms with van der Waals surface area (Å²) in [6, 6.07) is 0. The van der Waals surface area contributed by atoms with E-state index >= 15 is 0 Å². The Morgan fingerprint density at radius 1 is 1.57 bits per heavy atom. The van der Waals surface area contributed by atoms with E-state index in [4.69, 9.17) is 5.73 Å². The molecule has 1 aliphatic rings. The van der Waals surface area contributed by atoms with Crippen LogP contribution in [0, 0.1) is 11.3 Å². The summed E-state index contributed by atoms with van der Waals surface area (Å²) in [6.07, 6.45) is 4.38. The third-order valence-electron chi connectivity index (χ3n) is 3.20. The summed E-state index contributed by atoms with van der Waals surface area (Å²) >= 11 is 0. The Hall–Kier alpha value is -0.570. The van der Waals surface area contributed by atoms with Crippen molar-refractivity contribution in [3.05, 3.63) is 0 Å². The Labute approximate surface area is 86.4 Å². The van der Waals surface area contributed by atoms with Crippen LogP contribution in [-0.4, -0.2) is 19.0 Å². The minimum Gasteiger partial charge on any atom is -0.355 e. The summed E-state index contributed by atoms with van der Waals surface area (Å²) in [7, 11) is 0. The maximum atomic E-state index is 11.6.